The summed E-state index contributed by atoms with van der Waals surface area (Å²) < 4.78 is 7.30. The van der Waals surface area contributed by atoms with Crippen LogP contribution in [0.3, 0.4) is 0 Å². The number of hydrogen-bond acceptors (Lipinski definition) is 5. The minimum Gasteiger partial charge on any atom is -0.497 e. The van der Waals surface area contributed by atoms with Gasteiger partial charge in [-0.2, -0.15) is 10.2 Å². The summed E-state index contributed by atoms with van der Waals surface area (Å²) in [5, 5.41) is 13.3. The zero-order valence-electron chi connectivity index (χ0n) is 15.0. The predicted octanol–water partition coefficient (Wildman–Crippen LogP) is 2.11. The summed E-state index contributed by atoms with van der Waals surface area (Å²) in [7, 11) is 3.68. The molecule has 1 aliphatic heterocycles. The molecular weight excluding hydrogens is 316 g/mol. The van der Waals surface area contributed by atoms with Gasteiger partial charge in [0.2, 0.25) is 0 Å². The van der Waals surface area contributed by atoms with E-state index in [1.54, 1.807) is 7.11 Å². The molecule has 0 spiro atoms. The Morgan fingerprint density at radius 2 is 1.96 bits per heavy atom. The summed E-state index contributed by atoms with van der Waals surface area (Å²) in [6.07, 6.45) is 0. The Labute approximate surface area is 147 Å². The minimum atomic E-state index is 0.821. The Hall–Kier alpha value is -2.54. The van der Waals surface area contributed by atoms with Gasteiger partial charge in [0, 0.05) is 44.7 Å². The van der Waals surface area contributed by atoms with E-state index in [2.05, 4.69) is 33.0 Å². The van der Waals surface area contributed by atoms with Gasteiger partial charge in [-0.1, -0.05) is 6.92 Å². The number of piperazine rings is 1. The van der Waals surface area contributed by atoms with Crippen LogP contribution in [0, 0.1) is 0 Å². The van der Waals surface area contributed by atoms with Gasteiger partial charge in [0.05, 0.1) is 12.6 Å². The quantitative estimate of drug-likeness (QED) is 0.788. The standard InChI is InChI=1S/C18H24N6O/c1-4-23-7-9-24(10-8-23)17-12-16(21-22(17)2)18-14-11-13(25-3)5-6-15(14)19-20-18/h5-6,11-12H,4,7-10H2,1-3H3,(H,19,20). The molecular formula is C18H24N6O. The fourth-order valence-electron chi connectivity index (χ4n) is 3.48. The Kier molecular flexibility index (Phi) is 4.09. The molecule has 2 aromatic heterocycles. The first-order valence-electron chi connectivity index (χ1n) is 8.73. The highest BCUT2D eigenvalue weighted by Gasteiger charge is 2.21. The number of aromatic amines is 1. The summed E-state index contributed by atoms with van der Waals surface area (Å²) in [6.45, 7) is 7.59. The summed E-state index contributed by atoms with van der Waals surface area (Å²) in [5.74, 6) is 1.96. The van der Waals surface area contributed by atoms with Crippen LogP contribution in [0.15, 0.2) is 24.3 Å². The second-order valence-electron chi connectivity index (χ2n) is 6.42. The first kappa shape index (κ1) is 16.0. The Bertz CT molecular complexity index is 875. The van der Waals surface area contributed by atoms with Gasteiger partial charge in [0.15, 0.2) is 0 Å². The van der Waals surface area contributed by atoms with Crippen molar-refractivity contribution >= 4 is 16.7 Å². The molecule has 1 aliphatic rings. The van der Waals surface area contributed by atoms with Crippen LogP contribution in [0.1, 0.15) is 6.92 Å². The van der Waals surface area contributed by atoms with Gasteiger partial charge in [-0.25, -0.2) is 0 Å². The van der Waals surface area contributed by atoms with Crippen molar-refractivity contribution < 1.29 is 4.74 Å². The number of anilines is 1. The summed E-state index contributed by atoms with van der Waals surface area (Å²) >= 11 is 0. The topological polar surface area (TPSA) is 62.2 Å². The number of aryl methyl sites for hydroxylation is 1. The average Bonchev–Trinajstić information content (AvgIpc) is 3.24. The summed E-state index contributed by atoms with van der Waals surface area (Å²) in [5.41, 5.74) is 2.73. The zero-order valence-corrected chi connectivity index (χ0v) is 15.0. The summed E-state index contributed by atoms with van der Waals surface area (Å²) in [6, 6.07) is 8.05. The molecule has 25 heavy (non-hydrogen) atoms. The van der Waals surface area contributed by atoms with Crippen molar-refractivity contribution in [3.05, 3.63) is 24.3 Å². The fourth-order valence-corrected chi connectivity index (χ4v) is 3.48. The number of aromatic nitrogens is 4. The number of ether oxygens (including phenoxy) is 1. The molecule has 0 unspecified atom stereocenters. The Morgan fingerprint density at radius 1 is 1.16 bits per heavy atom. The van der Waals surface area contributed by atoms with Crippen LogP contribution in [0.5, 0.6) is 5.75 Å². The van der Waals surface area contributed by atoms with Crippen molar-refractivity contribution in [2.24, 2.45) is 7.05 Å². The third kappa shape index (κ3) is 2.84. The predicted molar refractivity (Wildman–Crippen MR) is 99.2 cm³/mol. The lowest BCUT2D eigenvalue weighted by atomic mass is 10.1. The lowest BCUT2D eigenvalue weighted by Gasteiger charge is -2.35. The molecule has 1 aromatic carbocycles. The molecule has 0 aliphatic carbocycles. The SMILES string of the molecule is CCN1CCN(c2cc(-c3n[nH]c4ccc(OC)cc34)nn2C)CC1. The van der Waals surface area contributed by atoms with E-state index in [0.717, 1.165) is 66.6 Å². The van der Waals surface area contributed by atoms with Gasteiger partial charge in [0.25, 0.3) is 0 Å². The van der Waals surface area contributed by atoms with Crippen LogP contribution >= 0.6 is 0 Å². The fraction of sp³-hybridized carbons (Fsp3) is 0.444. The lowest BCUT2D eigenvalue weighted by molar-refractivity contribution is 0.270. The van der Waals surface area contributed by atoms with E-state index in [-0.39, 0.29) is 0 Å². The van der Waals surface area contributed by atoms with Crippen LogP contribution < -0.4 is 9.64 Å². The normalized spacial score (nSPS) is 15.9. The third-order valence-corrected chi connectivity index (χ3v) is 5.01. The third-order valence-electron chi connectivity index (χ3n) is 5.01. The van der Waals surface area contributed by atoms with Crippen LogP contribution in [0.4, 0.5) is 5.82 Å². The monoisotopic (exact) mass is 340 g/mol. The van der Waals surface area contributed by atoms with Gasteiger partial charge in [-0.3, -0.25) is 9.78 Å². The highest BCUT2D eigenvalue weighted by atomic mass is 16.5. The van der Waals surface area contributed by atoms with E-state index in [1.165, 1.54) is 0 Å². The van der Waals surface area contributed by atoms with Crippen molar-refractivity contribution in [1.29, 1.82) is 0 Å². The molecule has 0 radical (unpaired) electrons. The van der Waals surface area contributed by atoms with Crippen LogP contribution in [0.25, 0.3) is 22.3 Å². The first-order valence-corrected chi connectivity index (χ1v) is 8.73. The van der Waals surface area contributed by atoms with Gasteiger partial charge in [-0.15, -0.1) is 0 Å². The molecule has 132 valence electrons. The first-order chi connectivity index (χ1) is 12.2. The largest absolute Gasteiger partial charge is 0.497 e. The number of rotatable bonds is 4. The van der Waals surface area contributed by atoms with Gasteiger partial charge >= 0.3 is 0 Å². The van der Waals surface area contributed by atoms with Crippen LogP contribution in [0.2, 0.25) is 0 Å². The van der Waals surface area contributed by atoms with Crippen molar-refractivity contribution in [3.63, 3.8) is 0 Å². The molecule has 4 rings (SSSR count). The van der Waals surface area contributed by atoms with Crippen LogP contribution in [-0.4, -0.2) is 64.7 Å². The van der Waals surface area contributed by atoms with Gasteiger partial charge < -0.3 is 14.5 Å². The highest BCUT2D eigenvalue weighted by molar-refractivity contribution is 5.93. The second kappa shape index (κ2) is 6.40. The number of nitrogens with one attached hydrogen (secondary N) is 1. The van der Waals surface area contributed by atoms with Crippen molar-refractivity contribution in [3.8, 4) is 17.1 Å². The molecule has 3 aromatic rings. The van der Waals surface area contributed by atoms with Crippen molar-refractivity contribution in [1.82, 2.24) is 24.9 Å². The zero-order chi connectivity index (χ0) is 17.4. The highest BCUT2D eigenvalue weighted by Crippen LogP contribution is 2.30. The molecule has 0 amide bonds. The number of methoxy groups -OCH3 is 1. The maximum Gasteiger partial charge on any atom is 0.127 e. The second-order valence-corrected chi connectivity index (χ2v) is 6.42. The van der Waals surface area contributed by atoms with Crippen LogP contribution in [-0.2, 0) is 7.05 Å². The Balaban J connectivity index is 1.66. The number of hydrogen-bond donors (Lipinski definition) is 1. The molecule has 1 saturated heterocycles. The van der Waals surface area contributed by atoms with Gasteiger partial charge in [-0.05, 0) is 24.7 Å². The van der Waals surface area contributed by atoms with E-state index < -0.39 is 0 Å². The average molecular weight is 340 g/mol. The summed E-state index contributed by atoms with van der Waals surface area (Å²) in [4.78, 5) is 4.87. The van der Waals surface area contributed by atoms with E-state index in [9.17, 15) is 0 Å². The molecule has 3 heterocycles. The molecule has 1 fully saturated rings. The molecule has 0 saturated carbocycles. The van der Waals surface area contributed by atoms with Gasteiger partial charge in [0.1, 0.15) is 23.0 Å². The van der Waals surface area contributed by atoms with E-state index in [4.69, 9.17) is 9.84 Å². The number of benzene rings is 1. The van der Waals surface area contributed by atoms with E-state index >= 15 is 0 Å². The molecule has 0 bridgehead atoms. The molecule has 0 atom stereocenters. The van der Waals surface area contributed by atoms with E-state index in [1.807, 2.05) is 29.9 Å². The maximum atomic E-state index is 5.35. The molecule has 7 nitrogen and oxygen atoms in total. The number of likely N-dealkylation sites (N-methyl/N-ethyl adjacent to an activating group) is 1. The van der Waals surface area contributed by atoms with Crippen molar-refractivity contribution in [2.45, 2.75) is 6.92 Å². The van der Waals surface area contributed by atoms with Crippen molar-refractivity contribution in [2.75, 3.05) is 44.7 Å². The molecule has 7 heteroatoms. The smallest absolute Gasteiger partial charge is 0.127 e. The lowest BCUT2D eigenvalue weighted by Crippen LogP contribution is -2.46. The number of nitrogens with zero attached hydrogens (tertiary/aromatic N) is 5. The Morgan fingerprint density at radius 3 is 2.68 bits per heavy atom. The maximum absolute atomic E-state index is 5.35. The van der Waals surface area contributed by atoms with E-state index in [0.29, 0.717) is 0 Å². The number of H-pyrrole nitrogens is 1. The molecule has 1 N–H and O–H groups in total. The minimum absolute atomic E-state index is 0.821. The number of fused-ring (bicyclic) bond motifs is 1.